The SMILES string of the molecule is C=C/C=C\C(=C\c1ccc2oc3c4ccccc4ccc3c2c1)N(c1cccc(-c2cccc3ccccc23)c1)c1cccc(-n2c3ccccc3c3ccccc32)c1. The number of aromatic nitrogens is 1. The summed E-state index contributed by atoms with van der Waals surface area (Å²) in [6.07, 6.45) is 8.26. The van der Waals surface area contributed by atoms with E-state index in [9.17, 15) is 0 Å². The molecule has 11 aromatic rings. The molecule has 9 aromatic carbocycles. The van der Waals surface area contributed by atoms with Gasteiger partial charge in [-0.1, -0.05) is 152 Å². The minimum Gasteiger partial charge on any atom is -0.455 e. The van der Waals surface area contributed by atoms with Crippen LogP contribution in [0.15, 0.2) is 229 Å². The molecule has 11 rings (SSSR count). The summed E-state index contributed by atoms with van der Waals surface area (Å²) >= 11 is 0. The van der Waals surface area contributed by atoms with Crippen LogP contribution in [0.25, 0.3) is 88.2 Å². The second kappa shape index (κ2) is 14.3. The fourth-order valence-corrected chi connectivity index (χ4v) is 8.85. The Morgan fingerprint density at radius 1 is 0.508 bits per heavy atom. The Kier molecular flexibility index (Phi) is 8.30. The molecular formula is C56H38N2O. The number of anilines is 2. The summed E-state index contributed by atoms with van der Waals surface area (Å²) in [7, 11) is 0. The number of fused-ring (bicyclic) bond motifs is 9. The zero-order chi connectivity index (χ0) is 39.3. The van der Waals surface area contributed by atoms with Gasteiger partial charge in [0.05, 0.1) is 11.0 Å². The minimum atomic E-state index is 0.871. The third kappa shape index (κ3) is 5.91. The molecule has 0 unspecified atom stereocenters. The molecule has 0 aliphatic rings. The molecule has 0 fully saturated rings. The van der Waals surface area contributed by atoms with Crippen LogP contribution in [0.3, 0.4) is 0 Å². The number of benzene rings is 9. The van der Waals surface area contributed by atoms with Crippen molar-refractivity contribution in [2.24, 2.45) is 0 Å². The molecule has 0 spiro atoms. The summed E-state index contributed by atoms with van der Waals surface area (Å²) in [6.45, 7) is 4.08. The van der Waals surface area contributed by atoms with Crippen molar-refractivity contribution in [3.05, 3.63) is 230 Å². The molecule has 0 aliphatic carbocycles. The van der Waals surface area contributed by atoms with Gasteiger partial charge in [-0.3, -0.25) is 0 Å². The van der Waals surface area contributed by atoms with Gasteiger partial charge in [0.1, 0.15) is 11.2 Å². The smallest absolute Gasteiger partial charge is 0.143 e. The van der Waals surface area contributed by atoms with E-state index in [4.69, 9.17) is 4.42 Å². The van der Waals surface area contributed by atoms with Gasteiger partial charge < -0.3 is 13.9 Å². The van der Waals surface area contributed by atoms with E-state index in [0.29, 0.717) is 0 Å². The number of rotatable bonds is 8. The van der Waals surface area contributed by atoms with E-state index in [1.165, 1.54) is 43.5 Å². The van der Waals surface area contributed by atoms with Gasteiger partial charge in [0, 0.05) is 49.7 Å². The molecule has 0 amide bonds. The van der Waals surface area contributed by atoms with Crippen molar-refractivity contribution in [3.63, 3.8) is 0 Å². The first-order valence-electron chi connectivity index (χ1n) is 20.0. The number of furan rings is 1. The molecule has 0 aliphatic heterocycles. The molecule has 0 bridgehead atoms. The summed E-state index contributed by atoms with van der Waals surface area (Å²) in [5.74, 6) is 0. The maximum absolute atomic E-state index is 6.51. The number of para-hydroxylation sites is 2. The summed E-state index contributed by atoms with van der Waals surface area (Å²) in [5.41, 5.74) is 11.7. The van der Waals surface area contributed by atoms with Crippen LogP contribution in [-0.4, -0.2) is 4.57 Å². The molecule has 0 saturated heterocycles. The highest BCUT2D eigenvalue weighted by molar-refractivity contribution is 6.15. The fourth-order valence-electron chi connectivity index (χ4n) is 8.85. The van der Waals surface area contributed by atoms with Gasteiger partial charge in [0.25, 0.3) is 0 Å². The molecule has 0 N–H and O–H groups in total. The van der Waals surface area contributed by atoms with Gasteiger partial charge in [0.15, 0.2) is 0 Å². The van der Waals surface area contributed by atoms with Crippen molar-refractivity contribution >= 4 is 82.7 Å². The number of allylic oxidation sites excluding steroid dienone is 3. The van der Waals surface area contributed by atoms with Gasteiger partial charge in [-0.15, -0.1) is 0 Å². The van der Waals surface area contributed by atoms with E-state index in [-0.39, 0.29) is 0 Å². The molecule has 278 valence electrons. The van der Waals surface area contributed by atoms with Crippen LogP contribution < -0.4 is 4.90 Å². The van der Waals surface area contributed by atoms with Gasteiger partial charge in [-0.2, -0.15) is 0 Å². The molecule has 59 heavy (non-hydrogen) atoms. The second-order valence-corrected chi connectivity index (χ2v) is 15.0. The summed E-state index contributed by atoms with van der Waals surface area (Å²) < 4.78 is 8.89. The largest absolute Gasteiger partial charge is 0.455 e. The van der Waals surface area contributed by atoms with E-state index in [1.807, 2.05) is 12.2 Å². The normalized spacial score (nSPS) is 12.2. The van der Waals surface area contributed by atoms with Crippen molar-refractivity contribution in [2.75, 3.05) is 4.90 Å². The van der Waals surface area contributed by atoms with E-state index < -0.39 is 0 Å². The van der Waals surface area contributed by atoms with E-state index in [2.05, 4.69) is 222 Å². The molecule has 3 heteroatoms. The third-order valence-electron chi connectivity index (χ3n) is 11.5. The van der Waals surface area contributed by atoms with Gasteiger partial charge in [-0.25, -0.2) is 0 Å². The molecule has 0 atom stereocenters. The van der Waals surface area contributed by atoms with Crippen LogP contribution >= 0.6 is 0 Å². The molecule has 2 heterocycles. The molecule has 0 radical (unpaired) electrons. The third-order valence-corrected chi connectivity index (χ3v) is 11.5. The Bertz CT molecular complexity index is 3430. The number of nitrogens with zero attached hydrogens (tertiary/aromatic N) is 2. The van der Waals surface area contributed by atoms with Crippen molar-refractivity contribution in [2.45, 2.75) is 0 Å². The van der Waals surface area contributed by atoms with Crippen LogP contribution in [0.2, 0.25) is 0 Å². The average molecular weight is 755 g/mol. The second-order valence-electron chi connectivity index (χ2n) is 15.0. The lowest BCUT2D eigenvalue weighted by Gasteiger charge is -2.28. The number of hydrogen-bond donors (Lipinski definition) is 0. The maximum Gasteiger partial charge on any atom is 0.143 e. The van der Waals surface area contributed by atoms with Crippen LogP contribution in [0.5, 0.6) is 0 Å². The van der Waals surface area contributed by atoms with Gasteiger partial charge in [0.2, 0.25) is 0 Å². The lowest BCUT2D eigenvalue weighted by molar-refractivity contribution is 0.672. The molecular weight excluding hydrogens is 717 g/mol. The first-order chi connectivity index (χ1) is 29.2. The monoisotopic (exact) mass is 754 g/mol. The van der Waals surface area contributed by atoms with Crippen LogP contribution in [0.4, 0.5) is 11.4 Å². The Labute approximate surface area is 342 Å². The van der Waals surface area contributed by atoms with E-state index in [1.54, 1.807) is 0 Å². The van der Waals surface area contributed by atoms with Crippen molar-refractivity contribution in [1.82, 2.24) is 4.57 Å². The van der Waals surface area contributed by atoms with Gasteiger partial charge >= 0.3 is 0 Å². The quantitative estimate of drug-likeness (QED) is 0.144. The van der Waals surface area contributed by atoms with Crippen molar-refractivity contribution in [3.8, 4) is 16.8 Å². The zero-order valence-corrected chi connectivity index (χ0v) is 32.3. The van der Waals surface area contributed by atoms with Crippen LogP contribution in [0, 0.1) is 0 Å². The van der Waals surface area contributed by atoms with E-state index >= 15 is 0 Å². The average Bonchev–Trinajstić information content (AvgIpc) is 3.84. The highest BCUT2D eigenvalue weighted by Crippen LogP contribution is 2.40. The highest BCUT2D eigenvalue weighted by Gasteiger charge is 2.19. The zero-order valence-electron chi connectivity index (χ0n) is 32.3. The first kappa shape index (κ1) is 34.4. The summed E-state index contributed by atoms with van der Waals surface area (Å²) in [6, 6.07) is 69.5. The maximum atomic E-state index is 6.51. The topological polar surface area (TPSA) is 21.3 Å². The lowest BCUT2D eigenvalue weighted by atomic mass is 9.97. The Morgan fingerprint density at radius 2 is 1.15 bits per heavy atom. The predicted octanol–water partition coefficient (Wildman–Crippen LogP) is 15.6. The van der Waals surface area contributed by atoms with E-state index in [0.717, 1.165) is 61.2 Å². The standard InChI is InChI=1S/C56H38N2O/c1-2-3-19-42(34-38-30-33-55-52(35-38)51-32-31-40-16-5-7-24-48(40)56(51)59-55)57(43-20-12-18-41(36-43)47-27-13-17-39-15-4-6-23-46(39)47)44-21-14-22-45(37-44)58-53-28-10-8-25-49(53)50-26-9-11-29-54(50)58/h2-37H,1H2/b19-3-,42-34-. The summed E-state index contributed by atoms with van der Waals surface area (Å²) in [5, 5.41) is 9.39. The Morgan fingerprint density at radius 3 is 1.93 bits per heavy atom. The number of hydrogen-bond acceptors (Lipinski definition) is 2. The predicted molar refractivity (Wildman–Crippen MR) is 251 cm³/mol. The lowest BCUT2D eigenvalue weighted by Crippen LogP contribution is -2.15. The molecule has 3 nitrogen and oxygen atoms in total. The fraction of sp³-hybridized carbons (Fsp3) is 0. The minimum absolute atomic E-state index is 0.871. The van der Waals surface area contributed by atoms with Crippen molar-refractivity contribution < 1.29 is 4.42 Å². The molecule has 2 aromatic heterocycles. The van der Waals surface area contributed by atoms with Gasteiger partial charge in [-0.05, 0) is 106 Å². The first-order valence-corrected chi connectivity index (χ1v) is 20.0. The highest BCUT2D eigenvalue weighted by atomic mass is 16.3. The van der Waals surface area contributed by atoms with Crippen molar-refractivity contribution in [1.29, 1.82) is 0 Å². The van der Waals surface area contributed by atoms with Crippen LogP contribution in [-0.2, 0) is 0 Å². The Balaban J connectivity index is 1.13. The Hall–Kier alpha value is -7.88. The summed E-state index contributed by atoms with van der Waals surface area (Å²) in [4.78, 5) is 2.36. The molecule has 0 saturated carbocycles. The van der Waals surface area contributed by atoms with Crippen LogP contribution in [0.1, 0.15) is 5.56 Å².